The smallest absolute Gasteiger partial charge is 0.422 e. The average molecular weight is 485 g/mol. The third-order valence-electron chi connectivity index (χ3n) is 2.35. The molecule has 0 aliphatic heterocycles. The molecule has 1 amide bonds. The normalized spacial score (nSPS) is 14.9. The van der Waals surface area contributed by atoms with Gasteiger partial charge in [-0.05, 0) is 20.8 Å². The van der Waals surface area contributed by atoms with E-state index in [0.717, 1.165) is 0 Å². The lowest BCUT2D eigenvalue weighted by molar-refractivity contribution is -0.174. The van der Waals surface area contributed by atoms with E-state index in [0.29, 0.717) is 0 Å². The number of aliphatic hydroxyl groups is 1. The minimum Gasteiger partial charge on any atom is -0.480 e. The highest BCUT2D eigenvalue weighted by Gasteiger charge is 2.47. The molecule has 0 saturated carbocycles. The van der Waals surface area contributed by atoms with E-state index in [1.54, 1.807) is 0 Å². The quantitative estimate of drug-likeness (QED) is 0.227. The second kappa shape index (κ2) is 9.64. The number of alkyl halides is 9. The molecular weight excluding hydrogens is 468 g/mol. The lowest BCUT2D eigenvalue weighted by atomic mass is 10.1. The molecule has 0 aromatic heterocycles. The number of carbonyl (C=O) groups excluding carboxylic acids is 1. The minimum atomic E-state index is -6.02. The molecular formula is C13H17F9NO6P. The zero-order chi connectivity index (χ0) is 24.2. The standard InChI is InChI=1S/C13H17F9NO6P/c1-10(2,3)23-8(24)7(9(25)27-4-11(14,15)16)30(26,28-5-12(17,18)19)29-6-13(20,21)22/h25H,4-6H2,1-3H3,(H,23,24)/b9-7-. The summed E-state index contributed by atoms with van der Waals surface area (Å²) in [5, 5.41) is 9.52. The van der Waals surface area contributed by atoms with Gasteiger partial charge in [-0.1, -0.05) is 0 Å². The molecule has 0 spiro atoms. The number of carbonyl (C=O) groups is 1. The highest BCUT2D eigenvalue weighted by molar-refractivity contribution is 7.60. The van der Waals surface area contributed by atoms with Gasteiger partial charge in [-0.15, -0.1) is 0 Å². The van der Waals surface area contributed by atoms with E-state index in [9.17, 15) is 54.0 Å². The Morgan fingerprint density at radius 2 is 1.20 bits per heavy atom. The fourth-order valence-corrected chi connectivity index (χ4v) is 3.01. The molecule has 0 unspecified atom stereocenters. The fourth-order valence-electron chi connectivity index (χ4n) is 1.44. The first kappa shape index (κ1) is 28.3. The second-order valence-corrected chi connectivity index (χ2v) is 8.49. The van der Waals surface area contributed by atoms with Crippen LogP contribution < -0.4 is 5.32 Å². The van der Waals surface area contributed by atoms with E-state index in [1.807, 2.05) is 5.32 Å². The highest BCUT2D eigenvalue weighted by atomic mass is 31.2. The largest absolute Gasteiger partial charge is 0.480 e. The molecule has 30 heavy (non-hydrogen) atoms. The first-order chi connectivity index (χ1) is 13.0. The van der Waals surface area contributed by atoms with Crippen molar-refractivity contribution < 1.29 is 67.8 Å². The van der Waals surface area contributed by atoms with Gasteiger partial charge in [0, 0.05) is 5.54 Å². The number of aliphatic hydroxyl groups excluding tert-OH is 1. The molecule has 2 N–H and O–H groups in total. The minimum absolute atomic E-state index is 1.24. The summed E-state index contributed by atoms with van der Waals surface area (Å²) in [4.78, 5) is 12.2. The summed E-state index contributed by atoms with van der Waals surface area (Å²) in [5.74, 6) is -4.04. The maximum Gasteiger partial charge on any atom is 0.422 e. The third-order valence-corrected chi connectivity index (χ3v) is 4.23. The van der Waals surface area contributed by atoms with Crippen LogP contribution in [0, 0.1) is 0 Å². The monoisotopic (exact) mass is 485 g/mol. The molecule has 0 radical (unpaired) electrons. The SMILES string of the molecule is CC(C)(C)NC(=O)/C(=C(\O)OCC(F)(F)F)P(=O)(OCC(F)(F)F)OCC(F)(F)F. The van der Waals surface area contributed by atoms with Crippen LogP contribution in [0.3, 0.4) is 0 Å². The number of hydrogen-bond acceptors (Lipinski definition) is 6. The Labute approximate surface area is 163 Å². The molecule has 0 aliphatic carbocycles. The van der Waals surface area contributed by atoms with E-state index in [4.69, 9.17) is 0 Å². The van der Waals surface area contributed by atoms with Crippen LogP contribution in [-0.2, 0) is 23.1 Å². The summed E-state index contributed by atoms with van der Waals surface area (Å²) in [5.41, 5.74) is -1.30. The van der Waals surface area contributed by atoms with E-state index >= 15 is 0 Å². The van der Waals surface area contributed by atoms with Crippen molar-refractivity contribution in [3.63, 3.8) is 0 Å². The van der Waals surface area contributed by atoms with Gasteiger partial charge in [0.15, 0.2) is 19.8 Å². The Morgan fingerprint density at radius 3 is 1.50 bits per heavy atom. The summed E-state index contributed by atoms with van der Waals surface area (Å²) in [7, 11) is -6.02. The van der Waals surface area contributed by atoms with E-state index in [-0.39, 0.29) is 0 Å². The summed E-state index contributed by atoms with van der Waals surface area (Å²) < 4.78 is 135. The molecule has 0 aliphatic rings. The van der Waals surface area contributed by atoms with Gasteiger partial charge in [-0.2, -0.15) is 39.5 Å². The van der Waals surface area contributed by atoms with Gasteiger partial charge in [0.2, 0.25) is 5.31 Å². The molecule has 0 aromatic carbocycles. The average Bonchev–Trinajstić information content (AvgIpc) is 2.45. The van der Waals surface area contributed by atoms with Crippen LogP contribution in [-0.4, -0.2) is 54.9 Å². The topological polar surface area (TPSA) is 94.1 Å². The number of rotatable bonds is 8. The molecule has 0 heterocycles. The van der Waals surface area contributed by atoms with Gasteiger partial charge in [-0.25, -0.2) is 0 Å². The van der Waals surface area contributed by atoms with Crippen LogP contribution in [0.2, 0.25) is 0 Å². The molecule has 0 fully saturated rings. The molecule has 0 rings (SSSR count). The molecule has 0 atom stereocenters. The van der Waals surface area contributed by atoms with Gasteiger partial charge < -0.3 is 15.2 Å². The van der Waals surface area contributed by atoms with Crippen molar-refractivity contribution in [2.75, 3.05) is 19.8 Å². The second-order valence-electron chi connectivity index (χ2n) is 6.54. The predicted octanol–water partition coefficient (Wildman–Crippen LogP) is 4.56. The van der Waals surface area contributed by atoms with Crippen LogP contribution in [0.1, 0.15) is 20.8 Å². The van der Waals surface area contributed by atoms with Crippen molar-refractivity contribution in [2.45, 2.75) is 44.8 Å². The lowest BCUT2D eigenvalue weighted by Gasteiger charge is -2.26. The van der Waals surface area contributed by atoms with E-state index in [2.05, 4.69) is 13.8 Å². The summed E-state index contributed by atoms with van der Waals surface area (Å²) in [6.45, 7) is -3.65. The Kier molecular flexibility index (Phi) is 9.10. The van der Waals surface area contributed by atoms with Crippen molar-refractivity contribution in [3.05, 3.63) is 11.3 Å². The Balaban J connectivity index is 6.33. The van der Waals surface area contributed by atoms with E-state index in [1.165, 1.54) is 20.8 Å². The Hall–Kier alpha value is -1.67. The van der Waals surface area contributed by atoms with Crippen LogP contribution in [0.4, 0.5) is 39.5 Å². The van der Waals surface area contributed by atoms with Gasteiger partial charge in [-0.3, -0.25) is 18.4 Å². The maximum atomic E-state index is 12.6. The van der Waals surface area contributed by atoms with Crippen LogP contribution in [0.15, 0.2) is 11.3 Å². The number of amides is 1. The number of hydrogen-bond donors (Lipinski definition) is 2. The van der Waals surface area contributed by atoms with Crippen molar-refractivity contribution in [1.82, 2.24) is 5.32 Å². The number of ether oxygens (including phenoxy) is 1. The Bertz CT molecular complexity index is 657. The molecule has 178 valence electrons. The zero-order valence-electron chi connectivity index (χ0n) is 15.5. The maximum absolute atomic E-state index is 12.6. The number of halogens is 9. The van der Waals surface area contributed by atoms with Crippen molar-refractivity contribution >= 4 is 13.5 Å². The van der Waals surface area contributed by atoms with Crippen LogP contribution in [0.25, 0.3) is 0 Å². The van der Waals surface area contributed by atoms with Crippen molar-refractivity contribution in [3.8, 4) is 0 Å². The van der Waals surface area contributed by atoms with Crippen molar-refractivity contribution in [2.24, 2.45) is 0 Å². The fraction of sp³-hybridized carbons (Fsp3) is 0.769. The molecule has 17 heteroatoms. The van der Waals surface area contributed by atoms with Gasteiger partial charge in [0.1, 0.15) is 0 Å². The van der Waals surface area contributed by atoms with Crippen molar-refractivity contribution in [1.29, 1.82) is 0 Å². The highest BCUT2D eigenvalue weighted by Crippen LogP contribution is 2.58. The summed E-state index contributed by atoms with van der Waals surface area (Å²) in [6.07, 6.45) is -15.8. The molecule has 0 bridgehead atoms. The molecule has 0 saturated heterocycles. The predicted molar refractivity (Wildman–Crippen MR) is 81.2 cm³/mol. The van der Waals surface area contributed by atoms with Crippen LogP contribution in [0.5, 0.6) is 0 Å². The van der Waals surface area contributed by atoms with Gasteiger partial charge in [0.25, 0.3) is 11.9 Å². The van der Waals surface area contributed by atoms with E-state index < -0.39 is 68.7 Å². The third kappa shape index (κ3) is 12.1. The first-order valence-electron chi connectivity index (χ1n) is 7.53. The molecule has 0 aromatic rings. The van der Waals surface area contributed by atoms with Gasteiger partial charge in [0.05, 0.1) is 0 Å². The first-order valence-corrected chi connectivity index (χ1v) is 9.07. The lowest BCUT2D eigenvalue weighted by Crippen LogP contribution is -2.42. The summed E-state index contributed by atoms with van der Waals surface area (Å²) >= 11 is 0. The number of nitrogens with one attached hydrogen (secondary N) is 1. The zero-order valence-corrected chi connectivity index (χ0v) is 16.4. The summed E-state index contributed by atoms with van der Waals surface area (Å²) in [6, 6.07) is 0. The molecule has 7 nitrogen and oxygen atoms in total. The Morgan fingerprint density at radius 1 is 0.833 bits per heavy atom. The van der Waals surface area contributed by atoms with Crippen LogP contribution >= 0.6 is 7.60 Å². The van der Waals surface area contributed by atoms with Gasteiger partial charge >= 0.3 is 26.1 Å².